The van der Waals surface area contributed by atoms with Gasteiger partial charge in [-0.2, -0.15) is 0 Å². The molecule has 0 aromatic rings. The summed E-state index contributed by atoms with van der Waals surface area (Å²) in [4.78, 5) is 38.2. The van der Waals surface area contributed by atoms with Crippen molar-refractivity contribution in [3.05, 3.63) is 72.9 Å². The first-order valence-electron chi connectivity index (χ1n) is 29.5. The zero-order valence-corrected chi connectivity index (χ0v) is 45.6. The molecule has 0 bridgehead atoms. The molecule has 0 aromatic heterocycles. The molecule has 0 spiro atoms. The van der Waals surface area contributed by atoms with Crippen LogP contribution in [0.5, 0.6) is 0 Å². The second kappa shape index (κ2) is 57.4. The Bertz CT molecular complexity index is 1290. The highest BCUT2D eigenvalue weighted by atomic mass is 16.6. The van der Waals surface area contributed by atoms with Crippen molar-refractivity contribution in [1.82, 2.24) is 0 Å². The zero-order chi connectivity index (χ0) is 50.0. The van der Waals surface area contributed by atoms with E-state index in [0.717, 1.165) is 77.0 Å². The van der Waals surface area contributed by atoms with E-state index in [0.29, 0.717) is 19.3 Å². The van der Waals surface area contributed by atoms with E-state index in [4.69, 9.17) is 14.2 Å². The van der Waals surface area contributed by atoms with E-state index in [1.807, 2.05) is 42.5 Å². The third-order valence-electron chi connectivity index (χ3n) is 12.8. The molecule has 0 fully saturated rings. The highest BCUT2D eigenvalue weighted by Crippen LogP contribution is 2.16. The van der Waals surface area contributed by atoms with Crippen molar-refractivity contribution in [2.75, 3.05) is 13.2 Å². The second-order valence-corrected chi connectivity index (χ2v) is 19.7. The number of carbonyl (C=O) groups is 3. The van der Waals surface area contributed by atoms with Gasteiger partial charge in [-0.05, 0) is 64.2 Å². The van der Waals surface area contributed by atoms with Crippen LogP contribution in [0.2, 0.25) is 0 Å². The van der Waals surface area contributed by atoms with Crippen LogP contribution < -0.4 is 0 Å². The van der Waals surface area contributed by atoms with Gasteiger partial charge in [0, 0.05) is 19.3 Å². The SMILES string of the molecule is CC\C=C/C=C\C=C/C=C\C=C/CCCCCC(=O)OCC(COC(=O)CCCCCCC/C=C\CCCCCCCCCCC)OC(=O)CCCCCCCCCCCCCCCCCCCC. The van der Waals surface area contributed by atoms with Crippen molar-refractivity contribution in [2.45, 2.75) is 297 Å². The summed E-state index contributed by atoms with van der Waals surface area (Å²) in [5.74, 6) is -0.930. The first-order valence-corrected chi connectivity index (χ1v) is 29.5. The highest BCUT2D eigenvalue weighted by Gasteiger charge is 2.19. The Kier molecular flexibility index (Phi) is 54.8. The van der Waals surface area contributed by atoms with E-state index >= 15 is 0 Å². The summed E-state index contributed by atoms with van der Waals surface area (Å²) in [6, 6.07) is 0. The minimum absolute atomic E-state index is 0.0913. The molecule has 0 aromatic carbocycles. The molecule has 1 unspecified atom stereocenters. The molecule has 398 valence electrons. The Hall–Kier alpha value is -3.15. The molecule has 1 atom stereocenters. The Labute approximate surface area is 427 Å². The van der Waals surface area contributed by atoms with Gasteiger partial charge in [0.25, 0.3) is 0 Å². The van der Waals surface area contributed by atoms with Gasteiger partial charge in [-0.3, -0.25) is 14.4 Å². The van der Waals surface area contributed by atoms with Crippen LogP contribution in [-0.2, 0) is 28.6 Å². The van der Waals surface area contributed by atoms with E-state index < -0.39 is 6.10 Å². The lowest BCUT2D eigenvalue weighted by Crippen LogP contribution is -2.30. The molecule has 6 heteroatoms. The third-order valence-corrected chi connectivity index (χ3v) is 12.8. The number of rotatable bonds is 53. The molecule has 0 saturated heterocycles. The van der Waals surface area contributed by atoms with Crippen molar-refractivity contribution in [2.24, 2.45) is 0 Å². The lowest BCUT2D eigenvalue weighted by atomic mass is 10.0. The van der Waals surface area contributed by atoms with E-state index in [1.165, 1.54) is 173 Å². The number of allylic oxidation sites excluding steroid dienone is 12. The molecule has 6 nitrogen and oxygen atoms in total. The molecule has 0 aliphatic heterocycles. The summed E-state index contributed by atoms with van der Waals surface area (Å²) in [6.45, 7) is 6.49. The third kappa shape index (κ3) is 55.6. The molecule has 0 N–H and O–H groups in total. The minimum atomic E-state index is -0.795. The first-order chi connectivity index (χ1) is 34.0. The number of hydrogen-bond donors (Lipinski definition) is 0. The topological polar surface area (TPSA) is 78.9 Å². The number of hydrogen-bond acceptors (Lipinski definition) is 6. The van der Waals surface area contributed by atoms with Gasteiger partial charge in [0.05, 0.1) is 0 Å². The highest BCUT2D eigenvalue weighted by molar-refractivity contribution is 5.71. The standard InChI is InChI=1S/C63H110O6/c1-4-7-10-13-16-19-22-25-28-30-32-35-38-41-44-47-50-53-56-62(65)68-59-60(58-67-61(64)55-52-49-46-43-40-37-34-27-24-21-18-15-12-9-6-3)69-63(66)57-54-51-48-45-42-39-36-33-31-29-26-23-20-17-14-11-8-5-2/h9,12,15,18,21,24,27,32,34-35,37,40,60H,4-8,10-11,13-14,16-17,19-20,22-23,25-26,28-31,33,36,38-39,41-59H2,1-3H3/b12-9-,18-15-,24-21-,34-27-,35-32-,40-37-. The van der Waals surface area contributed by atoms with E-state index in [1.54, 1.807) is 0 Å². The molecular weight excluding hydrogens is 853 g/mol. The summed E-state index contributed by atoms with van der Waals surface area (Å²) in [5, 5.41) is 0. The smallest absolute Gasteiger partial charge is 0.306 e. The fourth-order valence-corrected chi connectivity index (χ4v) is 8.40. The van der Waals surface area contributed by atoms with Gasteiger partial charge in [0.1, 0.15) is 13.2 Å². The van der Waals surface area contributed by atoms with Gasteiger partial charge in [-0.1, -0.05) is 280 Å². The van der Waals surface area contributed by atoms with Crippen LogP contribution >= 0.6 is 0 Å². The van der Waals surface area contributed by atoms with Crippen molar-refractivity contribution >= 4 is 17.9 Å². The second-order valence-electron chi connectivity index (χ2n) is 19.7. The number of ether oxygens (including phenoxy) is 3. The quantitative estimate of drug-likeness (QED) is 0.0199. The zero-order valence-electron chi connectivity index (χ0n) is 45.6. The Morgan fingerprint density at radius 3 is 0.942 bits per heavy atom. The normalized spacial score (nSPS) is 12.6. The van der Waals surface area contributed by atoms with Crippen LogP contribution in [0.1, 0.15) is 290 Å². The molecule has 0 radical (unpaired) electrons. The predicted molar refractivity (Wildman–Crippen MR) is 298 cm³/mol. The predicted octanol–water partition coefficient (Wildman–Crippen LogP) is 19.8. The van der Waals surface area contributed by atoms with Crippen LogP contribution in [0.3, 0.4) is 0 Å². The van der Waals surface area contributed by atoms with Crippen LogP contribution in [0.4, 0.5) is 0 Å². The van der Waals surface area contributed by atoms with Gasteiger partial charge in [0.2, 0.25) is 0 Å². The van der Waals surface area contributed by atoms with Gasteiger partial charge in [-0.15, -0.1) is 0 Å². The lowest BCUT2D eigenvalue weighted by Gasteiger charge is -2.18. The monoisotopic (exact) mass is 963 g/mol. The van der Waals surface area contributed by atoms with Crippen LogP contribution in [0.25, 0.3) is 0 Å². The molecular formula is C63H110O6. The average Bonchev–Trinajstić information content (AvgIpc) is 3.35. The summed E-state index contributed by atoms with van der Waals surface area (Å²) in [7, 11) is 0. The largest absolute Gasteiger partial charge is 0.462 e. The first kappa shape index (κ1) is 65.8. The molecule has 0 saturated carbocycles. The van der Waals surface area contributed by atoms with Crippen molar-refractivity contribution in [3.63, 3.8) is 0 Å². The van der Waals surface area contributed by atoms with Gasteiger partial charge in [-0.25, -0.2) is 0 Å². The maximum atomic E-state index is 12.9. The summed E-state index contributed by atoms with van der Waals surface area (Å²) in [6.07, 6.45) is 73.2. The number of unbranched alkanes of at least 4 members (excludes halogenated alkanes) is 34. The van der Waals surface area contributed by atoms with Gasteiger partial charge >= 0.3 is 17.9 Å². The number of carbonyl (C=O) groups excluding carboxylic acids is 3. The Balaban J connectivity index is 4.42. The van der Waals surface area contributed by atoms with E-state index in [-0.39, 0.29) is 31.1 Å². The molecule has 0 heterocycles. The van der Waals surface area contributed by atoms with Crippen LogP contribution in [0.15, 0.2) is 72.9 Å². The van der Waals surface area contributed by atoms with Crippen LogP contribution in [-0.4, -0.2) is 37.2 Å². The Morgan fingerprint density at radius 2 is 0.580 bits per heavy atom. The summed E-state index contributed by atoms with van der Waals surface area (Å²) >= 11 is 0. The molecule has 0 aliphatic rings. The maximum Gasteiger partial charge on any atom is 0.306 e. The molecule has 0 rings (SSSR count). The summed E-state index contributed by atoms with van der Waals surface area (Å²) in [5.41, 5.74) is 0. The van der Waals surface area contributed by atoms with Crippen molar-refractivity contribution in [3.8, 4) is 0 Å². The molecule has 0 amide bonds. The van der Waals surface area contributed by atoms with E-state index in [2.05, 4.69) is 51.2 Å². The summed E-state index contributed by atoms with van der Waals surface area (Å²) < 4.78 is 16.8. The van der Waals surface area contributed by atoms with Crippen molar-refractivity contribution < 1.29 is 28.6 Å². The lowest BCUT2D eigenvalue weighted by molar-refractivity contribution is -0.167. The molecule has 69 heavy (non-hydrogen) atoms. The fraction of sp³-hybridized carbons (Fsp3) is 0.762. The van der Waals surface area contributed by atoms with E-state index in [9.17, 15) is 14.4 Å². The number of esters is 3. The molecule has 0 aliphatic carbocycles. The minimum Gasteiger partial charge on any atom is -0.462 e. The van der Waals surface area contributed by atoms with Crippen molar-refractivity contribution in [1.29, 1.82) is 0 Å². The van der Waals surface area contributed by atoms with Gasteiger partial charge < -0.3 is 14.2 Å². The fourth-order valence-electron chi connectivity index (χ4n) is 8.40. The Morgan fingerprint density at radius 1 is 0.304 bits per heavy atom. The maximum absolute atomic E-state index is 12.9. The average molecular weight is 964 g/mol. The van der Waals surface area contributed by atoms with Crippen LogP contribution in [0, 0.1) is 0 Å². The van der Waals surface area contributed by atoms with Gasteiger partial charge in [0.15, 0.2) is 6.10 Å².